The molecule has 6 rings (SSSR count). The number of H-pyrrole nitrogens is 2. The van der Waals surface area contributed by atoms with E-state index in [4.69, 9.17) is 9.47 Å². The van der Waals surface area contributed by atoms with E-state index in [9.17, 15) is 9.59 Å². The molecule has 0 amide bonds. The summed E-state index contributed by atoms with van der Waals surface area (Å²) in [6.07, 6.45) is 0. The summed E-state index contributed by atoms with van der Waals surface area (Å²) >= 11 is 0. The van der Waals surface area contributed by atoms with Gasteiger partial charge in [-0.3, -0.25) is 19.8 Å². The van der Waals surface area contributed by atoms with Crippen molar-refractivity contribution >= 4 is 12.4 Å². The molecule has 0 aliphatic rings. The monoisotopic (exact) mass is 608 g/mol. The van der Waals surface area contributed by atoms with Gasteiger partial charge < -0.3 is 9.47 Å². The number of halogens is 1. The molecule has 224 valence electrons. The third kappa shape index (κ3) is 5.72. The van der Waals surface area contributed by atoms with Crippen molar-refractivity contribution in [1.29, 1.82) is 0 Å². The maximum absolute atomic E-state index is 14.1. The molecule has 0 radical (unpaired) electrons. The van der Waals surface area contributed by atoms with Crippen LogP contribution in [0.3, 0.4) is 0 Å². The molecule has 2 heterocycles. The van der Waals surface area contributed by atoms with Gasteiger partial charge in [0.15, 0.2) is 11.5 Å². The molecule has 8 nitrogen and oxygen atoms in total. The number of nitrogens with zero attached hydrogens (tertiary/aromatic N) is 2. The number of rotatable bonds is 9. The molecular formula is C35H33ClN4O4. The molecule has 0 atom stereocenters. The first-order valence-electron chi connectivity index (χ1n) is 14.0. The van der Waals surface area contributed by atoms with Crippen molar-refractivity contribution in [2.45, 2.75) is 26.4 Å². The second-order valence-electron chi connectivity index (χ2n) is 10.4. The maximum Gasteiger partial charge on any atom is 0.275 e. The van der Waals surface area contributed by atoms with E-state index in [-0.39, 0.29) is 23.5 Å². The van der Waals surface area contributed by atoms with E-state index in [1.54, 1.807) is 7.11 Å². The molecule has 0 saturated carbocycles. The summed E-state index contributed by atoms with van der Waals surface area (Å²) in [6.45, 7) is 4.09. The Balaban J connectivity index is 0.00000384. The topological polar surface area (TPSA) is 94.0 Å². The average Bonchev–Trinajstić information content (AvgIpc) is 3.51. The molecule has 9 heteroatoms. The first-order chi connectivity index (χ1) is 21.0. The second kappa shape index (κ2) is 13.0. The van der Waals surface area contributed by atoms with Crippen LogP contribution in [0.25, 0.3) is 11.4 Å². The quantitative estimate of drug-likeness (QED) is 0.197. The standard InChI is InChI=1S/C35H32N4O4.ClH/c1-23-31(34(40)38(36-23)27-15-9-5-10-16-27)33(32-24(2)37-39(35(32)41)28-17-11-6-12-18-28)26-19-20-29(30(21-26)42-3)43-22-25-13-7-4-8-14-25;/h4-21,33,36-37H,22H2,1-3H3;1H. The molecule has 0 bridgehead atoms. The maximum atomic E-state index is 14.1. The van der Waals surface area contributed by atoms with E-state index >= 15 is 0 Å². The normalized spacial score (nSPS) is 10.9. The summed E-state index contributed by atoms with van der Waals surface area (Å²) in [7, 11) is 1.58. The number of methoxy groups -OCH3 is 1. The third-order valence-electron chi connectivity index (χ3n) is 7.60. The lowest BCUT2D eigenvalue weighted by Gasteiger charge is -2.18. The SMILES string of the molecule is COc1cc(C(c2c(C)[nH]n(-c3ccccc3)c2=O)c2c(C)[nH]n(-c3ccccc3)c2=O)ccc1OCc1ccccc1.Cl. The van der Waals surface area contributed by atoms with Crippen molar-refractivity contribution < 1.29 is 9.47 Å². The summed E-state index contributed by atoms with van der Waals surface area (Å²) in [5.74, 6) is 0.375. The molecule has 0 spiro atoms. The zero-order valence-corrected chi connectivity index (χ0v) is 25.4. The lowest BCUT2D eigenvalue weighted by atomic mass is 9.85. The van der Waals surface area contributed by atoms with E-state index in [1.165, 1.54) is 9.36 Å². The largest absolute Gasteiger partial charge is 0.493 e. The molecule has 0 unspecified atom stereocenters. The average molecular weight is 609 g/mol. The first-order valence-corrected chi connectivity index (χ1v) is 14.0. The number of aryl methyl sites for hydroxylation is 2. The van der Waals surface area contributed by atoms with E-state index in [0.29, 0.717) is 52.0 Å². The number of aromatic amines is 2. The molecule has 4 aromatic carbocycles. The number of hydrogen-bond acceptors (Lipinski definition) is 4. The van der Waals surface area contributed by atoms with Crippen molar-refractivity contribution in [1.82, 2.24) is 19.6 Å². The van der Waals surface area contributed by atoms with E-state index < -0.39 is 5.92 Å². The van der Waals surface area contributed by atoms with Gasteiger partial charge >= 0.3 is 0 Å². The summed E-state index contributed by atoms with van der Waals surface area (Å²) in [6, 6.07) is 34.2. The fourth-order valence-electron chi connectivity index (χ4n) is 5.51. The Morgan fingerprint density at radius 3 is 1.61 bits per heavy atom. The molecule has 6 aromatic rings. The van der Waals surface area contributed by atoms with Gasteiger partial charge in [0.05, 0.1) is 29.6 Å². The highest BCUT2D eigenvalue weighted by Gasteiger charge is 2.31. The highest BCUT2D eigenvalue weighted by molar-refractivity contribution is 5.85. The van der Waals surface area contributed by atoms with Gasteiger partial charge in [-0.1, -0.05) is 72.8 Å². The number of aromatic nitrogens is 4. The van der Waals surface area contributed by atoms with Crippen LogP contribution in [-0.4, -0.2) is 26.7 Å². The van der Waals surface area contributed by atoms with Gasteiger partial charge in [0.2, 0.25) is 0 Å². The van der Waals surface area contributed by atoms with Crippen LogP contribution >= 0.6 is 12.4 Å². The molecular weight excluding hydrogens is 576 g/mol. The van der Waals surface area contributed by atoms with Crippen molar-refractivity contribution in [3.63, 3.8) is 0 Å². The smallest absolute Gasteiger partial charge is 0.275 e. The zero-order chi connectivity index (χ0) is 29.9. The second-order valence-corrected chi connectivity index (χ2v) is 10.4. The highest BCUT2D eigenvalue weighted by atomic mass is 35.5. The fourth-order valence-corrected chi connectivity index (χ4v) is 5.51. The molecule has 0 aliphatic heterocycles. The van der Waals surface area contributed by atoms with E-state index in [0.717, 1.165) is 11.1 Å². The van der Waals surface area contributed by atoms with Gasteiger partial charge in [0.25, 0.3) is 11.1 Å². The predicted molar refractivity (Wildman–Crippen MR) is 174 cm³/mol. The molecule has 0 saturated heterocycles. The number of para-hydroxylation sites is 2. The minimum Gasteiger partial charge on any atom is -0.493 e. The van der Waals surface area contributed by atoms with Crippen LogP contribution in [0.15, 0.2) is 119 Å². The molecule has 0 fully saturated rings. The van der Waals surface area contributed by atoms with Crippen LogP contribution < -0.4 is 20.6 Å². The summed E-state index contributed by atoms with van der Waals surface area (Å²) in [4.78, 5) is 28.2. The Bertz CT molecular complexity index is 1880. The lowest BCUT2D eigenvalue weighted by molar-refractivity contribution is 0.284. The van der Waals surface area contributed by atoms with Crippen molar-refractivity contribution in [3.8, 4) is 22.9 Å². The number of hydrogen-bond donors (Lipinski definition) is 2. The third-order valence-corrected chi connectivity index (χ3v) is 7.60. The number of nitrogens with one attached hydrogen (secondary N) is 2. The van der Waals surface area contributed by atoms with Crippen molar-refractivity contribution in [2.24, 2.45) is 0 Å². The van der Waals surface area contributed by atoms with Gasteiger partial charge in [-0.2, -0.15) is 0 Å². The lowest BCUT2D eigenvalue weighted by Crippen LogP contribution is -2.25. The Kier molecular flexibility index (Phi) is 8.92. The van der Waals surface area contributed by atoms with Gasteiger partial charge in [0.1, 0.15) is 6.61 Å². The zero-order valence-electron chi connectivity index (χ0n) is 24.6. The van der Waals surface area contributed by atoms with Crippen LogP contribution in [-0.2, 0) is 6.61 Å². The number of ether oxygens (including phenoxy) is 2. The van der Waals surface area contributed by atoms with Gasteiger partial charge in [-0.05, 0) is 61.4 Å². The van der Waals surface area contributed by atoms with Gasteiger partial charge in [-0.25, -0.2) is 9.36 Å². The van der Waals surface area contributed by atoms with Gasteiger partial charge in [0, 0.05) is 17.3 Å². The van der Waals surface area contributed by atoms with Crippen LogP contribution in [0, 0.1) is 13.8 Å². The Hall–Kier alpha value is -5.21. The summed E-state index contributed by atoms with van der Waals surface area (Å²) in [5.41, 5.74) is 4.97. The minimum atomic E-state index is -0.695. The summed E-state index contributed by atoms with van der Waals surface area (Å²) < 4.78 is 14.9. The van der Waals surface area contributed by atoms with Crippen LogP contribution in [0.2, 0.25) is 0 Å². The number of benzene rings is 4. The van der Waals surface area contributed by atoms with Crippen molar-refractivity contribution in [3.05, 3.63) is 164 Å². The van der Waals surface area contributed by atoms with E-state index in [1.807, 2.05) is 123 Å². The van der Waals surface area contributed by atoms with Gasteiger partial charge in [-0.15, -0.1) is 12.4 Å². The Morgan fingerprint density at radius 2 is 1.14 bits per heavy atom. The van der Waals surface area contributed by atoms with Crippen molar-refractivity contribution in [2.75, 3.05) is 7.11 Å². The van der Waals surface area contributed by atoms with Crippen LogP contribution in [0.4, 0.5) is 0 Å². The predicted octanol–water partition coefficient (Wildman–Crippen LogP) is 6.45. The Morgan fingerprint density at radius 1 is 0.659 bits per heavy atom. The summed E-state index contributed by atoms with van der Waals surface area (Å²) in [5, 5.41) is 6.47. The van der Waals surface area contributed by atoms with Crippen LogP contribution in [0.5, 0.6) is 11.5 Å². The highest BCUT2D eigenvalue weighted by Crippen LogP contribution is 2.37. The first kappa shape index (κ1) is 30.3. The molecule has 0 aliphatic carbocycles. The fraction of sp³-hybridized carbons (Fsp3) is 0.143. The molecule has 2 N–H and O–H groups in total. The Labute approximate surface area is 260 Å². The van der Waals surface area contributed by atoms with Crippen LogP contribution in [0.1, 0.15) is 39.6 Å². The minimum absolute atomic E-state index is 0. The molecule has 44 heavy (non-hydrogen) atoms. The van der Waals surface area contributed by atoms with E-state index in [2.05, 4.69) is 10.2 Å². The molecule has 2 aromatic heterocycles.